The van der Waals surface area contributed by atoms with E-state index in [2.05, 4.69) is 0 Å². The van der Waals surface area contributed by atoms with Crippen LogP contribution in [0.25, 0.3) is 17.4 Å². The second-order valence-electron chi connectivity index (χ2n) is 6.35. The lowest BCUT2D eigenvalue weighted by atomic mass is 10.1. The minimum Gasteiger partial charge on any atom is -0.457 e. The van der Waals surface area contributed by atoms with E-state index in [4.69, 9.17) is 28.2 Å². The molecule has 28 heavy (non-hydrogen) atoms. The van der Waals surface area contributed by atoms with Crippen molar-refractivity contribution in [2.24, 2.45) is 0 Å². The molecule has 0 spiro atoms. The molecule has 6 heteroatoms. The summed E-state index contributed by atoms with van der Waals surface area (Å²) in [6.45, 7) is 1.98. The highest BCUT2D eigenvalue weighted by atomic mass is 35.5. The smallest absolute Gasteiger partial charge is 0.266 e. The monoisotopic (exact) mass is 425 g/mol. The maximum Gasteiger partial charge on any atom is 0.266 e. The fourth-order valence-electron chi connectivity index (χ4n) is 3.05. The molecule has 1 aliphatic rings. The van der Waals surface area contributed by atoms with E-state index in [0.29, 0.717) is 25.8 Å². The summed E-state index contributed by atoms with van der Waals surface area (Å²) in [5.41, 5.74) is 1.93. The van der Waals surface area contributed by atoms with Crippen LogP contribution in [0.1, 0.15) is 24.3 Å². The van der Waals surface area contributed by atoms with E-state index in [1.807, 2.05) is 73.7 Å². The van der Waals surface area contributed by atoms with Gasteiger partial charge in [-0.3, -0.25) is 9.69 Å². The normalized spacial score (nSPS) is 16.8. The second kappa shape index (κ2) is 7.95. The van der Waals surface area contributed by atoms with Crippen LogP contribution in [0.4, 0.5) is 0 Å². The van der Waals surface area contributed by atoms with Gasteiger partial charge in [-0.25, -0.2) is 0 Å². The Morgan fingerprint density at radius 3 is 2.64 bits per heavy atom. The first-order valence-electron chi connectivity index (χ1n) is 8.71. The summed E-state index contributed by atoms with van der Waals surface area (Å²) in [4.78, 5) is 15.2. The van der Waals surface area contributed by atoms with Gasteiger partial charge in [0.25, 0.3) is 5.91 Å². The Labute approximate surface area is 178 Å². The van der Waals surface area contributed by atoms with E-state index >= 15 is 0 Å². The SMILES string of the molecule is C[C@H](c1ccccc1)N1C(=O)/C(=C\c2ccc(-c3cccc(Cl)c3)o2)SC1=S. The number of hydrogen-bond acceptors (Lipinski definition) is 4. The van der Waals surface area contributed by atoms with Gasteiger partial charge in [-0.05, 0) is 36.8 Å². The molecule has 1 fully saturated rings. The highest BCUT2D eigenvalue weighted by Gasteiger charge is 2.36. The zero-order chi connectivity index (χ0) is 19.7. The number of benzene rings is 2. The molecule has 3 aromatic rings. The molecule has 1 aromatic heterocycles. The lowest BCUT2D eigenvalue weighted by molar-refractivity contribution is -0.123. The van der Waals surface area contributed by atoms with Crippen molar-refractivity contribution < 1.29 is 9.21 Å². The third kappa shape index (κ3) is 3.78. The van der Waals surface area contributed by atoms with E-state index < -0.39 is 0 Å². The number of hydrogen-bond donors (Lipinski definition) is 0. The van der Waals surface area contributed by atoms with E-state index in [0.717, 1.165) is 11.1 Å². The predicted molar refractivity (Wildman–Crippen MR) is 119 cm³/mol. The topological polar surface area (TPSA) is 33.5 Å². The molecule has 0 unspecified atom stereocenters. The molecule has 0 saturated carbocycles. The van der Waals surface area contributed by atoms with Crippen molar-refractivity contribution in [1.29, 1.82) is 0 Å². The number of amides is 1. The summed E-state index contributed by atoms with van der Waals surface area (Å²) >= 11 is 12.8. The Kier molecular flexibility index (Phi) is 5.40. The average Bonchev–Trinajstić information content (AvgIpc) is 3.27. The Hall–Kier alpha value is -2.34. The molecule has 140 valence electrons. The quantitative estimate of drug-likeness (QED) is 0.350. The fourth-order valence-corrected chi connectivity index (χ4v) is 4.64. The number of carbonyl (C=O) groups is 1. The summed E-state index contributed by atoms with van der Waals surface area (Å²) in [5.74, 6) is 1.19. The third-order valence-corrected chi connectivity index (χ3v) is 6.07. The summed E-state index contributed by atoms with van der Waals surface area (Å²) in [5, 5.41) is 0.645. The molecule has 1 amide bonds. The first-order valence-corrected chi connectivity index (χ1v) is 10.3. The number of thiocarbonyl (C=S) groups is 1. The van der Waals surface area contributed by atoms with Gasteiger partial charge in [-0.15, -0.1) is 0 Å². The van der Waals surface area contributed by atoms with Crippen molar-refractivity contribution in [3.8, 4) is 11.3 Å². The molecule has 0 N–H and O–H groups in total. The maximum atomic E-state index is 12.9. The lowest BCUT2D eigenvalue weighted by Crippen LogP contribution is -2.30. The number of halogens is 1. The van der Waals surface area contributed by atoms with Gasteiger partial charge < -0.3 is 4.42 Å². The first-order chi connectivity index (χ1) is 13.5. The average molecular weight is 426 g/mol. The summed E-state index contributed by atoms with van der Waals surface area (Å²) in [6, 6.07) is 20.9. The highest BCUT2D eigenvalue weighted by Crippen LogP contribution is 2.38. The number of rotatable bonds is 4. The van der Waals surface area contributed by atoms with Crippen molar-refractivity contribution in [2.45, 2.75) is 13.0 Å². The van der Waals surface area contributed by atoms with E-state index in [-0.39, 0.29) is 11.9 Å². The van der Waals surface area contributed by atoms with Crippen LogP contribution < -0.4 is 0 Å². The van der Waals surface area contributed by atoms with Gasteiger partial charge in [-0.2, -0.15) is 0 Å². The molecular weight excluding hydrogens is 410 g/mol. The van der Waals surface area contributed by atoms with Crippen molar-refractivity contribution in [2.75, 3.05) is 0 Å². The van der Waals surface area contributed by atoms with Gasteiger partial charge in [0, 0.05) is 16.7 Å². The van der Waals surface area contributed by atoms with Crippen molar-refractivity contribution in [1.82, 2.24) is 4.90 Å². The Morgan fingerprint density at radius 2 is 1.89 bits per heavy atom. The van der Waals surface area contributed by atoms with Crippen LogP contribution in [0.3, 0.4) is 0 Å². The van der Waals surface area contributed by atoms with Crippen LogP contribution in [-0.4, -0.2) is 15.1 Å². The van der Waals surface area contributed by atoms with Crippen LogP contribution in [0, 0.1) is 0 Å². The van der Waals surface area contributed by atoms with Gasteiger partial charge in [0.05, 0.1) is 10.9 Å². The number of carbonyl (C=O) groups excluding carboxylic acids is 1. The molecule has 0 bridgehead atoms. The predicted octanol–water partition coefficient (Wildman–Crippen LogP) is 6.56. The molecule has 4 rings (SSSR count). The maximum absolute atomic E-state index is 12.9. The molecule has 2 heterocycles. The van der Waals surface area contributed by atoms with Crippen molar-refractivity contribution in [3.05, 3.63) is 88.0 Å². The summed E-state index contributed by atoms with van der Waals surface area (Å²) in [7, 11) is 0. The fraction of sp³-hybridized carbons (Fsp3) is 0.0909. The lowest BCUT2D eigenvalue weighted by Gasteiger charge is -2.23. The minimum atomic E-state index is -0.127. The Morgan fingerprint density at radius 1 is 1.11 bits per heavy atom. The minimum absolute atomic E-state index is 0.105. The van der Waals surface area contributed by atoms with Crippen LogP contribution in [0.2, 0.25) is 5.02 Å². The zero-order valence-corrected chi connectivity index (χ0v) is 17.4. The van der Waals surface area contributed by atoms with Gasteiger partial charge in [0.15, 0.2) is 0 Å². The Bertz CT molecular complexity index is 1070. The molecule has 1 atom stereocenters. The second-order valence-corrected chi connectivity index (χ2v) is 8.46. The van der Waals surface area contributed by atoms with Gasteiger partial charge in [0.2, 0.25) is 0 Å². The number of furan rings is 1. The molecule has 0 radical (unpaired) electrons. The van der Waals surface area contributed by atoms with Crippen LogP contribution in [-0.2, 0) is 4.79 Å². The molecule has 1 saturated heterocycles. The van der Waals surface area contributed by atoms with Crippen LogP contribution in [0.5, 0.6) is 0 Å². The van der Waals surface area contributed by atoms with Crippen molar-refractivity contribution in [3.63, 3.8) is 0 Å². The third-order valence-electron chi connectivity index (χ3n) is 4.50. The first kappa shape index (κ1) is 19.0. The van der Waals surface area contributed by atoms with Crippen molar-refractivity contribution >= 4 is 51.9 Å². The summed E-state index contributed by atoms with van der Waals surface area (Å²) in [6.07, 6.45) is 1.74. The number of thioether (sulfide) groups is 1. The van der Waals surface area contributed by atoms with Gasteiger partial charge in [-0.1, -0.05) is 78.0 Å². The Balaban J connectivity index is 1.58. The molecule has 2 aromatic carbocycles. The molecule has 3 nitrogen and oxygen atoms in total. The molecule has 1 aliphatic heterocycles. The van der Waals surface area contributed by atoms with Gasteiger partial charge >= 0.3 is 0 Å². The van der Waals surface area contributed by atoms with E-state index in [1.165, 1.54) is 11.8 Å². The summed E-state index contributed by atoms with van der Waals surface area (Å²) < 4.78 is 6.44. The largest absolute Gasteiger partial charge is 0.457 e. The molecule has 0 aliphatic carbocycles. The zero-order valence-electron chi connectivity index (χ0n) is 15.0. The van der Waals surface area contributed by atoms with Crippen LogP contribution in [0.15, 0.2) is 76.1 Å². The van der Waals surface area contributed by atoms with E-state index in [1.54, 1.807) is 11.0 Å². The van der Waals surface area contributed by atoms with Gasteiger partial charge in [0.1, 0.15) is 15.8 Å². The van der Waals surface area contributed by atoms with E-state index in [9.17, 15) is 4.79 Å². The molecular formula is C22H16ClNO2S2. The van der Waals surface area contributed by atoms with Crippen LogP contribution >= 0.6 is 35.6 Å². The highest BCUT2D eigenvalue weighted by molar-refractivity contribution is 8.26. The standard InChI is InChI=1S/C22H16ClNO2S2/c1-14(15-6-3-2-4-7-15)24-21(25)20(28-22(24)27)13-18-10-11-19(26-18)16-8-5-9-17(23)12-16/h2-14H,1H3/b20-13+/t14-/m1/s1. The number of nitrogens with zero attached hydrogens (tertiary/aromatic N) is 1.